The number of rotatable bonds is 17. The lowest BCUT2D eigenvalue weighted by molar-refractivity contribution is -0.141. The van der Waals surface area contributed by atoms with Crippen molar-refractivity contribution in [3.63, 3.8) is 0 Å². The minimum atomic E-state index is -0.389. The van der Waals surface area contributed by atoms with Crippen molar-refractivity contribution in [3.05, 3.63) is 0 Å². The van der Waals surface area contributed by atoms with E-state index in [1.807, 2.05) is 0 Å². The highest BCUT2D eigenvalue weighted by molar-refractivity contribution is 5.81. The number of hydrogen-bond donors (Lipinski definition) is 4. The summed E-state index contributed by atoms with van der Waals surface area (Å²) in [4.78, 5) is 26.1. The first kappa shape index (κ1) is 34.6. The third-order valence-electron chi connectivity index (χ3n) is 12.9. The first-order valence-electron chi connectivity index (χ1n) is 17.9. The van der Waals surface area contributed by atoms with Gasteiger partial charge in [-0.15, -0.1) is 0 Å². The molecule has 6 N–H and O–H groups in total. The van der Waals surface area contributed by atoms with Gasteiger partial charge in [0.25, 0.3) is 0 Å². The Morgan fingerprint density at radius 1 is 0.860 bits per heavy atom. The van der Waals surface area contributed by atoms with Gasteiger partial charge in [-0.05, 0) is 170 Å². The van der Waals surface area contributed by atoms with Gasteiger partial charge in [-0.3, -0.25) is 9.59 Å². The summed E-state index contributed by atoms with van der Waals surface area (Å²) in [6.07, 6.45) is 18.3. The topological polar surface area (TPSA) is 123 Å². The van der Waals surface area contributed by atoms with Gasteiger partial charge in [-0.2, -0.15) is 0 Å². The second-order valence-corrected chi connectivity index (χ2v) is 15.1. The summed E-state index contributed by atoms with van der Waals surface area (Å²) >= 11 is 0. The zero-order chi connectivity index (χ0) is 30.9. The van der Waals surface area contributed by atoms with Crippen molar-refractivity contribution in [2.75, 3.05) is 52.9 Å². The Hall–Kier alpha value is -1.22. The van der Waals surface area contributed by atoms with E-state index >= 15 is 0 Å². The first-order chi connectivity index (χ1) is 20.7. The zero-order valence-electron chi connectivity index (χ0n) is 27.8. The average Bonchev–Trinajstić information content (AvgIpc) is 3.35. The number of nitrogens with zero attached hydrogens (tertiary/aromatic N) is 1. The second-order valence-electron chi connectivity index (χ2n) is 15.1. The van der Waals surface area contributed by atoms with Gasteiger partial charge in [0.05, 0.1) is 7.11 Å². The molecule has 0 radical (unpaired) electrons. The summed E-state index contributed by atoms with van der Waals surface area (Å²) in [5, 5.41) is 6.68. The third-order valence-corrected chi connectivity index (χ3v) is 12.9. The molecule has 0 spiro atoms. The van der Waals surface area contributed by atoms with Crippen LogP contribution in [0.2, 0.25) is 0 Å². The Morgan fingerprint density at radius 3 is 2.28 bits per heavy atom. The van der Waals surface area contributed by atoms with Crippen LogP contribution < -0.4 is 22.1 Å². The number of ether oxygens (including phenoxy) is 1. The molecule has 0 bridgehead atoms. The Balaban J connectivity index is 1.22. The number of nitrogens with one attached hydrogen (secondary N) is 2. The Morgan fingerprint density at radius 2 is 1.56 bits per heavy atom. The van der Waals surface area contributed by atoms with Crippen LogP contribution in [0.5, 0.6) is 0 Å². The molecule has 43 heavy (non-hydrogen) atoms. The monoisotopic (exact) mass is 604 g/mol. The van der Waals surface area contributed by atoms with Gasteiger partial charge in [-0.25, -0.2) is 0 Å². The number of carbonyl (C=O) groups excluding carboxylic acids is 2. The number of nitrogens with two attached hydrogens (primary N) is 2. The number of fused-ring (bicyclic) bond motifs is 5. The normalized spacial score (nSPS) is 35.2. The minimum absolute atomic E-state index is 0.0256. The van der Waals surface area contributed by atoms with Crippen LogP contribution in [0.1, 0.15) is 110 Å². The van der Waals surface area contributed by atoms with E-state index in [1.54, 1.807) is 0 Å². The molecular weight excluding hydrogens is 538 g/mol. The van der Waals surface area contributed by atoms with Crippen LogP contribution in [0.15, 0.2) is 0 Å². The van der Waals surface area contributed by atoms with Crippen LogP contribution >= 0.6 is 0 Å². The smallest absolute Gasteiger partial charge is 0.325 e. The molecule has 4 aliphatic carbocycles. The largest absolute Gasteiger partial charge is 0.468 e. The maximum atomic E-state index is 12.2. The number of esters is 1. The fraction of sp³-hybridized carbons (Fsp3) is 0.943. The van der Waals surface area contributed by atoms with Crippen molar-refractivity contribution in [2.24, 2.45) is 51.9 Å². The van der Waals surface area contributed by atoms with Crippen molar-refractivity contribution < 1.29 is 14.3 Å². The standard InChI is InChI=1S/C35H65N5O3/c1-34-17-15-31-29(30(34)13-11-26(34)8-4-9-32(41)39-25-33(42)43-3)12-10-27-24-28(14-16-35(27,31)2)38-20-7-23-40(21-5-18-36)22-6-19-37/h26-31,38H,4-25,36-37H2,1-3H3,(H,39,41). The van der Waals surface area contributed by atoms with Gasteiger partial charge in [0.1, 0.15) is 6.54 Å². The molecule has 8 atom stereocenters. The Kier molecular flexibility index (Phi) is 13.2. The van der Waals surface area contributed by atoms with Gasteiger partial charge >= 0.3 is 5.97 Å². The van der Waals surface area contributed by atoms with Crippen molar-refractivity contribution in [3.8, 4) is 0 Å². The van der Waals surface area contributed by atoms with E-state index in [-0.39, 0.29) is 18.4 Å². The van der Waals surface area contributed by atoms with Crippen LogP contribution in [0.3, 0.4) is 0 Å². The quantitative estimate of drug-likeness (QED) is 0.143. The van der Waals surface area contributed by atoms with Crippen molar-refractivity contribution in [1.82, 2.24) is 15.5 Å². The molecule has 0 aromatic heterocycles. The molecule has 4 aliphatic rings. The number of hydrogen-bond acceptors (Lipinski definition) is 7. The zero-order valence-corrected chi connectivity index (χ0v) is 27.8. The van der Waals surface area contributed by atoms with Crippen LogP contribution in [0, 0.1) is 40.4 Å². The van der Waals surface area contributed by atoms with Crippen LogP contribution in [-0.4, -0.2) is 75.7 Å². The SMILES string of the molecule is COC(=O)CNC(=O)CCCC1CCC2C3CCC4CC(NCCCN(CCCN)CCCN)CCC4(C)C3CCC12C. The van der Waals surface area contributed by atoms with Gasteiger partial charge in [-0.1, -0.05) is 13.8 Å². The van der Waals surface area contributed by atoms with Crippen LogP contribution in [-0.2, 0) is 14.3 Å². The highest BCUT2D eigenvalue weighted by atomic mass is 16.5. The fourth-order valence-electron chi connectivity index (χ4n) is 10.4. The van der Waals surface area contributed by atoms with Crippen molar-refractivity contribution >= 4 is 11.9 Å². The maximum Gasteiger partial charge on any atom is 0.325 e. The van der Waals surface area contributed by atoms with E-state index in [0.29, 0.717) is 23.3 Å². The van der Waals surface area contributed by atoms with Gasteiger partial charge < -0.3 is 31.7 Å². The van der Waals surface area contributed by atoms with Gasteiger partial charge in [0.2, 0.25) is 5.91 Å². The Labute approximate surface area is 262 Å². The van der Waals surface area contributed by atoms with E-state index in [1.165, 1.54) is 71.3 Å². The predicted molar refractivity (Wildman–Crippen MR) is 174 cm³/mol. The second kappa shape index (κ2) is 16.4. The predicted octanol–water partition coefficient (Wildman–Crippen LogP) is 4.45. The summed E-state index contributed by atoms with van der Waals surface area (Å²) in [6, 6.07) is 0.686. The molecule has 0 heterocycles. The summed E-state index contributed by atoms with van der Waals surface area (Å²) in [5.74, 6) is 3.84. The molecule has 0 aromatic carbocycles. The first-order valence-corrected chi connectivity index (χ1v) is 17.9. The summed E-state index contributed by atoms with van der Waals surface area (Å²) in [5.41, 5.74) is 12.5. The van der Waals surface area contributed by atoms with Gasteiger partial charge in [0.15, 0.2) is 0 Å². The molecule has 4 rings (SSSR count). The molecular formula is C35H65N5O3. The molecule has 1 amide bonds. The van der Waals surface area contributed by atoms with E-state index < -0.39 is 0 Å². The number of carbonyl (C=O) groups is 2. The van der Waals surface area contributed by atoms with E-state index in [2.05, 4.69) is 34.1 Å². The molecule has 0 aromatic rings. The molecule has 4 fully saturated rings. The molecule has 248 valence electrons. The highest BCUT2D eigenvalue weighted by Crippen LogP contribution is 2.67. The molecule has 0 saturated heterocycles. The third kappa shape index (κ3) is 8.53. The number of amides is 1. The minimum Gasteiger partial charge on any atom is -0.468 e. The molecule has 8 unspecified atom stereocenters. The lowest BCUT2D eigenvalue weighted by atomic mass is 9.44. The van der Waals surface area contributed by atoms with E-state index in [9.17, 15) is 9.59 Å². The van der Waals surface area contributed by atoms with E-state index in [0.717, 1.165) is 94.5 Å². The molecule has 8 heteroatoms. The summed E-state index contributed by atoms with van der Waals surface area (Å²) < 4.78 is 4.63. The van der Waals surface area contributed by atoms with Gasteiger partial charge in [0, 0.05) is 12.5 Å². The number of methoxy groups -OCH3 is 1. The Bertz CT molecular complexity index is 880. The lowest BCUT2D eigenvalue weighted by Gasteiger charge is -2.61. The van der Waals surface area contributed by atoms with Crippen LogP contribution in [0.25, 0.3) is 0 Å². The fourth-order valence-corrected chi connectivity index (χ4v) is 10.4. The van der Waals surface area contributed by atoms with Crippen molar-refractivity contribution in [1.29, 1.82) is 0 Å². The van der Waals surface area contributed by atoms with E-state index in [4.69, 9.17) is 11.5 Å². The summed E-state index contributed by atoms with van der Waals surface area (Å²) in [7, 11) is 1.35. The molecule has 0 aliphatic heterocycles. The highest BCUT2D eigenvalue weighted by Gasteiger charge is 2.59. The van der Waals surface area contributed by atoms with Crippen molar-refractivity contribution in [2.45, 2.75) is 116 Å². The summed E-state index contributed by atoms with van der Waals surface area (Å²) in [6.45, 7) is 11.3. The maximum absolute atomic E-state index is 12.2. The molecule has 8 nitrogen and oxygen atoms in total. The van der Waals surface area contributed by atoms with Crippen LogP contribution in [0.4, 0.5) is 0 Å². The molecule has 4 saturated carbocycles. The lowest BCUT2D eigenvalue weighted by Crippen LogP contribution is -2.55. The average molecular weight is 604 g/mol.